The van der Waals surface area contributed by atoms with Crippen LogP contribution >= 0.6 is 0 Å². The van der Waals surface area contributed by atoms with Gasteiger partial charge in [0.2, 0.25) is 0 Å². The van der Waals surface area contributed by atoms with Crippen LogP contribution in [0.4, 0.5) is 5.69 Å². The van der Waals surface area contributed by atoms with Gasteiger partial charge < -0.3 is 10.6 Å². The monoisotopic (exact) mass is 247 g/mol. The third-order valence-electron chi connectivity index (χ3n) is 3.74. The molecule has 3 N–H and O–H groups in total. The molecule has 1 aromatic carbocycles. The molecule has 3 heteroatoms. The normalized spacial score (nSPS) is 13.2. The van der Waals surface area contributed by atoms with E-state index in [0.717, 1.165) is 11.1 Å². The first-order valence-corrected chi connectivity index (χ1v) is 6.32. The van der Waals surface area contributed by atoms with Crippen LogP contribution in [0, 0.1) is 17.7 Å². The van der Waals surface area contributed by atoms with Gasteiger partial charge in [0.15, 0.2) is 0 Å². The number of aryl methyl sites for hydroxylation is 1. The Labute approximate surface area is 111 Å². The summed E-state index contributed by atoms with van der Waals surface area (Å²) in [7, 11) is 2.11. The molecule has 100 valence electrons. The van der Waals surface area contributed by atoms with Gasteiger partial charge in [0, 0.05) is 24.3 Å². The lowest BCUT2D eigenvalue weighted by Crippen LogP contribution is -2.39. The maximum atomic E-state index is 7.50. The minimum atomic E-state index is 0.130. The summed E-state index contributed by atoms with van der Waals surface area (Å²) in [5.41, 5.74) is 8.79. The van der Waals surface area contributed by atoms with Gasteiger partial charge in [-0.1, -0.05) is 20.8 Å². The Morgan fingerprint density at radius 1 is 1.33 bits per heavy atom. The van der Waals surface area contributed by atoms with Crippen LogP contribution in [0.1, 0.15) is 38.8 Å². The SMILES string of the molecule is Cc1cc(N(C)C(C)C(C)(C)C)ccc1C(=N)N. The minimum absolute atomic E-state index is 0.130. The van der Waals surface area contributed by atoms with E-state index in [9.17, 15) is 0 Å². The standard InChI is InChI=1S/C15H25N3/c1-10-9-12(7-8-13(10)14(16)17)18(6)11(2)15(3,4)5/h7-9,11H,1-6H3,(H3,16,17). The van der Waals surface area contributed by atoms with Gasteiger partial charge in [0.05, 0.1) is 0 Å². The molecule has 1 aromatic rings. The first-order chi connectivity index (χ1) is 8.14. The van der Waals surface area contributed by atoms with E-state index in [4.69, 9.17) is 11.1 Å². The zero-order chi connectivity index (χ0) is 14.1. The average molecular weight is 247 g/mol. The zero-order valence-electron chi connectivity index (χ0n) is 12.3. The summed E-state index contributed by atoms with van der Waals surface area (Å²) in [6.07, 6.45) is 0. The summed E-state index contributed by atoms with van der Waals surface area (Å²) in [5.74, 6) is 0.130. The van der Waals surface area contributed by atoms with Crippen molar-refractivity contribution in [1.29, 1.82) is 5.41 Å². The van der Waals surface area contributed by atoms with Crippen LogP contribution in [0.25, 0.3) is 0 Å². The van der Waals surface area contributed by atoms with Gasteiger partial charge in [-0.15, -0.1) is 0 Å². The molecule has 3 nitrogen and oxygen atoms in total. The van der Waals surface area contributed by atoms with Gasteiger partial charge in [-0.3, -0.25) is 5.41 Å². The second-order valence-corrected chi connectivity index (χ2v) is 6.07. The Kier molecular flexibility index (Phi) is 4.05. The number of anilines is 1. The summed E-state index contributed by atoms with van der Waals surface area (Å²) in [6, 6.07) is 6.49. The number of benzene rings is 1. The van der Waals surface area contributed by atoms with Crippen LogP contribution in [-0.2, 0) is 0 Å². The van der Waals surface area contributed by atoms with Crippen LogP contribution in [0.5, 0.6) is 0 Å². The van der Waals surface area contributed by atoms with Gasteiger partial charge in [0.25, 0.3) is 0 Å². The molecule has 0 aromatic heterocycles. The van der Waals surface area contributed by atoms with Crippen LogP contribution in [-0.4, -0.2) is 18.9 Å². The fourth-order valence-electron chi connectivity index (χ4n) is 1.97. The lowest BCUT2D eigenvalue weighted by Gasteiger charge is -2.37. The van der Waals surface area contributed by atoms with Gasteiger partial charge in [-0.2, -0.15) is 0 Å². The van der Waals surface area contributed by atoms with Gasteiger partial charge in [-0.25, -0.2) is 0 Å². The molecule has 0 bridgehead atoms. The highest BCUT2D eigenvalue weighted by atomic mass is 15.1. The summed E-state index contributed by atoms with van der Waals surface area (Å²) >= 11 is 0. The van der Waals surface area contributed by atoms with Crippen molar-refractivity contribution in [3.8, 4) is 0 Å². The van der Waals surface area contributed by atoms with E-state index in [2.05, 4.69) is 45.7 Å². The van der Waals surface area contributed by atoms with Crippen LogP contribution in [0.2, 0.25) is 0 Å². The summed E-state index contributed by atoms with van der Waals surface area (Å²) in [4.78, 5) is 2.27. The van der Waals surface area contributed by atoms with Crippen molar-refractivity contribution in [3.05, 3.63) is 29.3 Å². The number of nitrogens with one attached hydrogen (secondary N) is 1. The Hall–Kier alpha value is -1.51. The molecule has 18 heavy (non-hydrogen) atoms. The lowest BCUT2D eigenvalue weighted by molar-refractivity contribution is 0.330. The molecule has 0 saturated heterocycles. The highest BCUT2D eigenvalue weighted by Gasteiger charge is 2.24. The molecule has 1 unspecified atom stereocenters. The summed E-state index contributed by atoms with van der Waals surface area (Å²) < 4.78 is 0. The third kappa shape index (κ3) is 3.03. The molecule has 0 aliphatic heterocycles. The highest BCUT2D eigenvalue weighted by molar-refractivity contribution is 5.96. The molecule has 0 heterocycles. The Balaban J connectivity index is 3.05. The smallest absolute Gasteiger partial charge is 0.123 e. The summed E-state index contributed by atoms with van der Waals surface area (Å²) in [6.45, 7) is 10.9. The number of nitrogen functional groups attached to an aromatic ring is 1. The largest absolute Gasteiger partial charge is 0.384 e. The van der Waals surface area contributed by atoms with Crippen molar-refractivity contribution in [2.75, 3.05) is 11.9 Å². The van der Waals surface area contributed by atoms with Crippen molar-refractivity contribution in [2.45, 2.75) is 40.7 Å². The van der Waals surface area contributed by atoms with E-state index in [1.807, 2.05) is 19.1 Å². The lowest BCUT2D eigenvalue weighted by atomic mass is 9.87. The number of hydrogen-bond donors (Lipinski definition) is 2. The van der Waals surface area contributed by atoms with Crippen molar-refractivity contribution >= 4 is 11.5 Å². The van der Waals surface area contributed by atoms with Crippen LogP contribution in [0.3, 0.4) is 0 Å². The second kappa shape index (κ2) is 5.01. The predicted molar refractivity (Wildman–Crippen MR) is 79.5 cm³/mol. The number of rotatable bonds is 3. The Bertz CT molecular complexity index is 444. The fourth-order valence-corrected chi connectivity index (χ4v) is 1.97. The van der Waals surface area contributed by atoms with Crippen molar-refractivity contribution in [1.82, 2.24) is 0 Å². The fraction of sp³-hybridized carbons (Fsp3) is 0.533. The number of hydrogen-bond acceptors (Lipinski definition) is 2. The second-order valence-electron chi connectivity index (χ2n) is 6.07. The van der Waals surface area contributed by atoms with Gasteiger partial charge >= 0.3 is 0 Å². The molecule has 0 fully saturated rings. The predicted octanol–water partition coefficient (Wildman–Crippen LogP) is 3.15. The minimum Gasteiger partial charge on any atom is -0.384 e. The van der Waals surface area contributed by atoms with Crippen LogP contribution < -0.4 is 10.6 Å². The quantitative estimate of drug-likeness (QED) is 0.637. The molecular weight excluding hydrogens is 222 g/mol. The van der Waals surface area contributed by atoms with E-state index >= 15 is 0 Å². The van der Waals surface area contributed by atoms with Crippen molar-refractivity contribution < 1.29 is 0 Å². The maximum Gasteiger partial charge on any atom is 0.123 e. The molecular formula is C15H25N3. The number of nitrogens with two attached hydrogens (primary N) is 1. The first kappa shape index (κ1) is 14.6. The Morgan fingerprint density at radius 3 is 2.28 bits per heavy atom. The molecule has 1 rings (SSSR count). The highest BCUT2D eigenvalue weighted by Crippen LogP contribution is 2.28. The third-order valence-corrected chi connectivity index (χ3v) is 3.74. The number of nitrogens with zero attached hydrogens (tertiary/aromatic N) is 1. The van der Waals surface area contributed by atoms with Crippen LogP contribution in [0.15, 0.2) is 18.2 Å². The maximum absolute atomic E-state index is 7.50. The van der Waals surface area contributed by atoms with Crippen molar-refractivity contribution in [2.24, 2.45) is 11.1 Å². The van der Waals surface area contributed by atoms with E-state index < -0.39 is 0 Å². The first-order valence-electron chi connectivity index (χ1n) is 6.32. The van der Waals surface area contributed by atoms with E-state index in [-0.39, 0.29) is 11.3 Å². The van der Waals surface area contributed by atoms with E-state index in [1.165, 1.54) is 5.69 Å². The molecule has 0 aliphatic carbocycles. The zero-order valence-corrected chi connectivity index (χ0v) is 12.3. The average Bonchev–Trinajstić information content (AvgIpc) is 2.25. The molecule has 0 saturated carbocycles. The van der Waals surface area contributed by atoms with Crippen molar-refractivity contribution in [3.63, 3.8) is 0 Å². The topological polar surface area (TPSA) is 53.1 Å². The Morgan fingerprint density at radius 2 is 1.89 bits per heavy atom. The van der Waals surface area contributed by atoms with Gasteiger partial charge in [-0.05, 0) is 43.0 Å². The van der Waals surface area contributed by atoms with Gasteiger partial charge in [0.1, 0.15) is 5.84 Å². The summed E-state index contributed by atoms with van der Waals surface area (Å²) in [5, 5.41) is 7.50. The number of amidine groups is 1. The van der Waals surface area contributed by atoms with E-state index in [1.54, 1.807) is 0 Å². The molecule has 0 aliphatic rings. The molecule has 0 amide bonds. The molecule has 0 spiro atoms. The van der Waals surface area contributed by atoms with E-state index in [0.29, 0.717) is 6.04 Å². The molecule has 0 radical (unpaired) electrons. The molecule has 1 atom stereocenters.